The van der Waals surface area contributed by atoms with Crippen LogP contribution in [-0.4, -0.2) is 37.1 Å². The summed E-state index contributed by atoms with van der Waals surface area (Å²) in [6.07, 6.45) is 4.38. The van der Waals surface area contributed by atoms with E-state index < -0.39 is 0 Å². The molecule has 0 radical (unpaired) electrons. The summed E-state index contributed by atoms with van der Waals surface area (Å²) in [5.41, 5.74) is 1.32. The fraction of sp³-hybridized carbons (Fsp3) is 0.471. The lowest BCUT2D eigenvalue weighted by atomic mass is 10.1. The van der Waals surface area contributed by atoms with Crippen molar-refractivity contribution in [3.05, 3.63) is 35.2 Å². The Bertz CT molecular complexity index is 602. The molecule has 4 heteroatoms. The molecule has 3 rings (SSSR count). The van der Waals surface area contributed by atoms with Gasteiger partial charge in [-0.3, -0.25) is 4.79 Å². The fourth-order valence-electron chi connectivity index (χ4n) is 2.80. The van der Waals surface area contributed by atoms with Crippen molar-refractivity contribution in [2.45, 2.75) is 25.7 Å². The minimum Gasteiger partial charge on any atom is -0.371 e. The van der Waals surface area contributed by atoms with Crippen LogP contribution in [0.4, 0.5) is 0 Å². The third-order valence-corrected chi connectivity index (χ3v) is 5.02. The van der Waals surface area contributed by atoms with Crippen LogP contribution in [0, 0.1) is 0 Å². The molecule has 1 saturated heterocycles. The molecule has 0 N–H and O–H groups in total. The zero-order valence-corrected chi connectivity index (χ0v) is 13.0. The van der Waals surface area contributed by atoms with E-state index >= 15 is 0 Å². The summed E-state index contributed by atoms with van der Waals surface area (Å²) < 4.78 is 6.90. The molecule has 1 amide bonds. The van der Waals surface area contributed by atoms with Crippen molar-refractivity contribution < 1.29 is 9.53 Å². The fourth-order valence-corrected chi connectivity index (χ4v) is 3.80. The van der Waals surface area contributed by atoms with Crippen LogP contribution in [0.25, 0.3) is 10.1 Å². The summed E-state index contributed by atoms with van der Waals surface area (Å²) in [6, 6.07) is 8.43. The van der Waals surface area contributed by atoms with Gasteiger partial charge >= 0.3 is 0 Å². The van der Waals surface area contributed by atoms with Gasteiger partial charge in [0.1, 0.15) is 6.61 Å². The van der Waals surface area contributed by atoms with E-state index in [-0.39, 0.29) is 12.5 Å². The molecule has 1 aliphatic rings. The van der Waals surface area contributed by atoms with Gasteiger partial charge in [0.15, 0.2) is 0 Å². The minimum absolute atomic E-state index is 0.143. The number of amides is 1. The average molecular weight is 303 g/mol. The van der Waals surface area contributed by atoms with Crippen molar-refractivity contribution >= 4 is 27.3 Å². The van der Waals surface area contributed by atoms with Crippen LogP contribution in [0.5, 0.6) is 0 Å². The second-order valence-electron chi connectivity index (χ2n) is 5.50. The maximum atomic E-state index is 12.0. The Morgan fingerprint density at radius 1 is 1.19 bits per heavy atom. The van der Waals surface area contributed by atoms with Gasteiger partial charge in [-0.05, 0) is 48.1 Å². The third kappa shape index (κ3) is 3.63. The van der Waals surface area contributed by atoms with E-state index in [2.05, 4.69) is 29.6 Å². The quantitative estimate of drug-likeness (QED) is 0.792. The normalized spacial score (nSPS) is 15.5. The summed E-state index contributed by atoms with van der Waals surface area (Å²) in [5, 5.41) is 3.51. The zero-order chi connectivity index (χ0) is 14.5. The molecule has 2 aromatic rings. The summed E-state index contributed by atoms with van der Waals surface area (Å²) in [5.74, 6) is 0.143. The number of rotatable bonds is 5. The highest BCUT2D eigenvalue weighted by molar-refractivity contribution is 7.17. The number of nitrogens with zero attached hydrogens (tertiary/aromatic N) is 1. The van der Waals surface area contributed by atoms with E-state index in [1.165, 1.54) is 22.1 Å². The monoisotopic (exact) mass is 303 g/mol. The smallest absolute Gasteiger partial charge is 0.248 e. The van der Waals surface area contributed by atoms with E-state index in [0.29, 0.717) is 6.61 Å². The molecule has 2 heterocycles. The summed E-state index contributed by atoms with van der Waals surface area (Å²) in [7, 11) is 0. The van der Waals surface area contributed by atoms with Crippen LogP contribution in [0.2, 0.25) is 0 Å². The number of fused-ring (bicyclic) bond motifs is 1. The van der Waals surface area contributed by atoms with E-state index in [1.807, 2.05) is 4.90 Å². The summed E-state index contributed by atoms with van der Waals surface area (Å²) in [4.78, 5) is 13.9. The van der Waals surface area contributed by atoms with Crippen LogP contribution < -0.4 is 0 Å². The van der Waals surface area contributed by atoms with Crippen molar-refractivity contribution in [3.63, 3.8) is 0 Å². The summed E-state index contributed by atoms with van der Waals surface area (Å²) >= 11 is 1.77. The molecule has 1 aromatic carbocycles. The number of carbonyl (C=O) groups excluding carboxylic acids is 1. The first kappa shape index (κ1) is 14.5. The van der Waals surface area contributed by atoms with Crippen LogP contribution in [0.3, 0.4) is 0 Å². The Labute approximate surface area is 129 Å². The number of hydrogen-bond donors (Lipinski definition) is 0. The van der Waals surface area contributed by atoms with Gasteiger partial charge in [0.2, 0.25) is 5.91 Å². The lowest BCUT2D eigenvalue weighted by molar-refractivity contribution is -0.137. The third-order valence-electron chi connectivity index (χ3n) is 4.01. The molecule has 1 fully saturated rings. The van der Waals surface area contributed by atoms with Crippen molar-refractivity contribution in [2.24, 2.45) is 0 Å². The molecule has 0 spiro atoms. The van der Waals surface area contributed by atoms with Crippen molar-refractivity contribution in [2.75, 3.05) is 26.3 Å². The van der Waals surface area contributed by atoms with E-state index in [4.69, 9.17) is 4.74 Å². The standard InChI is InChI=1S/C17H21NO2S/c19-17(18-9-4-1-5-10-18)12-20-11-8-14-13-21-16-7-3-2-6-15(14)16/h2-3,6-7,13H,1,4-5,8-12H2. The Kier molecular flexibility index (Phi) is 4.88. The molecular formula is C17H21NO2S. The molecule has 0 bridgehead atoms. The maximum absolute atomic E-state index is 12.0. The van der Waals surface area contributed by atoms with Crippen LogP contribution in [0.15, 0.2) is 29.6 Å². The molecule has 21 heavy (non-hydrogen) atoms. The molecule has 3 nitrogen and oxygen atoms in total. The molecule has 0 aliphatic carbocycles. The van der Waals surface area contributed by atoms with Gasteiger partial charge in [-0.25, -0.2) is 0 Å². The van der Waals surface area contributed by atoms with Gasteiger partial charge in [0.05, 0.1) is 6.61 Å². The number of likely N-dealkylation sites (tertiary alicyclic amines) is 1. The lowest BCUT2D eigenvalue weighted by Crippen LogP contribution is -2.38. The Balaban J connectivity index is 1.44. The van der Waals surface area contributed by atoms with Crippen molar-refractivity contribution in [1.82, 2.24) is 4.90 Å². The SMILES string of the molecule is O=C(COCCc1csc2ccccc12)N1CCCCC1. The average Bonchev–Trinajstić information content (AvgIpc) is 2.95. The zero-order valence-electron chi connectivity index (χ0n) is 12.2. The molecule has 0 unspecified atom stereocenters. The van der Waals surface area contributed by atoms with E-state index in [9.17, 15) is 4.79 Å². The molecule has 0 saturated carbocycles. The lowest BCUT2D eigenvalue weighted by Gasteiger charge is -2.26. The number of piperidine rings is 1. The Morgan fingerprint density at radius 3 is 2.86 bits per heavy atom. The van der Waals surface area contributed by atoms with Crippen molar-refractivity contribution in [3.8, 4) is 0 Å². The van der Waals surface area contributed by atoms with Crippen LogP contribution in [0.1, 0.15) is 24.8 Å². The molecule has 112 valence electrons. The van der Waals surface area contributed by atoms with Gasteiger partial charge in [-0.1, -0.05) is 18.2 Å². The number of ether oxygens (including phenoxy) is 1. The van der Waals surface area contributed by atoms with Crippen LogP contribution in [-0.2, 0) is 16.0 Å². The van der Waals surface area contributed by atoms with Crippen LogP contribution >= 0.6 is 11.3 Å². The van der Waals surface area contributed by atoms with Gasteiger partial charge in [-0.2, -0.15) is 0 Å². The summed E-state index contributed by atoms with van der Waals surface area (Å²) in [6.45, 7) is 2.64. The van der Waals surface area contributed by atoms with Crippen molar-refractivity contribution in [1.29, 1.82) is 0 Å². The van der Waals surface area contributed by atoms with E-state index in [1.54, 1.807) is 11.3 Å². The topological polar surface area (TPSA) is 29.5 Å². The molecular weight excluding hydrogens is 282 g/mol. The highest BCUT2D eigenvalue weighted by Crippen LogP contribution is 2.25. The van der Waals surface area contributed by atoms with Gasteiger partial charge in [-0.15, -0.1) is 11.3 Å². The number of benzene rings is 1. The molecule has 0 atom stereocenters. The number of carbonyl (C=O) groups is 1. The second-order valence-corrected chi connectivity index (χ2v) is 6.41. The highest BCUT2D eigenvalue weighted by Gasteiger charge is 2.16. The molecule has 1 aliphatic heterocycles. The number of thiophene rings is 1. The van der Waals surface area contributed by atoms with Gasteiger partial charge in [0, 0.05) is 17.8 Å². The largest absolute Gasteiger partial charge is 0.371 e. The van der Waals surface area contributed by atoms with Gasteiger partial charge in [0.25, 0.3) is 0 Å². The highest BCUT2D eigenvalue weighted by atomic mass is 32.1. The second kappa shape index (κ2) is 7.05. The minimum atomic E-state index is 0.143. The Hall–Kier alpha value is -1.39. The molecule has 1 aromatic heterocycles. The first-order valence-corrected chi connectivity index (χ1v) is 8.53. The Morgan fingerprint density at radius 2 is 2.00 bits per heavy atom. The predicted octanol–water partition coefficient (Wildman–Crippen LogP) is 3.47. The predicted molar refractivity (Wildman–Crippen MR) is 86.8 cm³/mol. The maximum Gasteiger partial charge on any atom is 0.248 e. The number of hydrogen-bond acceptors (Lipinski definition) is 3. The van der Waals surface area contributed by atoms with E-state index in [0.717, 1.165) is 32.4 Å². The van der Waals surface area contributed by atoms with Gasteiger partial charge < -0.3 is 9.64 Å². The first-order valence-electron chi connectivity index (χ1n) is 7.65. The first-order chi connectivity index (χ1) is 10.3.